The van der Waals surface area contributed by atoms with Gasteiger partial charge >= 0.3 is 0 Å². The number of benzene rings is 1. The molecule has 2 fully saturated rings. The monoisotopic (exact) mass is 330 g/mol. The van der Waals surface area contributed by atoms with Crippen LogP contribution in [0.2, 0.25) is 0 Å². The summed E-state index contributed by atoms with van der Waals surface area (Å²) in [6.45, 7) is 5.25. The molecular formula is C18H26N4O2. The number of nitrogens with zero attached hydrogens (tertiary/aromatic N) is 2. The summed E-state index contributed by atoms with van der Waals surface area (Å²) in [5.74, 6) is 0.0783. The number of amides is 2. The van der Waals surface area contributed by atoms with Crippen molar-refractivity contribution in [2.45, 2.75) is 31.8 Å². The van der Waals surface area contributed by atoms with Crippen LogP contribution in [0.5, 0.6) is 0 Å². The lowest BCUT2D eigenvalue weighted by Crippen LogP contribution is -2.58. The summed E-state index contributed by atoms with van der Waals surface area (Å²) < 4.78 is 0. The molecule has 1 aromatic carbocycles. The molecule has 0 radical (unpaired) electrons. The minimum atomic E-state index is -0.636. The Kier molecular flexibility index (Phi) is 5.16. The molecule has 2 aliphatic rings. The van der Waals surface area contributed by atoms with Gasteiger partial charge in [0.15, 0.2) is 0 Å². The van der Waals surface area contributed by atoms with Gasteiger partial charge in [-0.2, -0.15) is 0 Å². The van der Waals surface area contributed by atoms with Crippen molar-refractivity contribution < 1.29 is 9.59 Å². The highest BCUT2D eigenvalue weighted by Gasteiger charge is 2.33. The largest absolute Gasteiger partial charge is 0.339 e. The summed E-state index contributed by atoms with van der Waals surface area (Å²) in [5.41, 5.74) is 8.17. The molecule has 0 bridgehead atoms. The van der Waals surface area contributed by atoms with E-state index in [-0.39, 0.29) is 17.9 Å². The van der Waals surface area contributed by atoms with E-state index >= 15 is 0 Å². The molecule has 6 nitrogen and oxygen atoms in total. The van der Waals surface area contributed by atoms with Gasteiger partial charge in [0.1, 0.15) is 6.04 Å². The van der Waals surface area contributed by atoms with Gasteiger partial charge in [-0.05, 0) is 25.3 Å². The molecule has 2 unspecified atom stereocenters. The molecule has 0 saturated carbocycles. The minimum absolute atomic E-state index is 0.0499. The molecule has 130 valence electrons. The Morgan fingerprint density at radius 3 is 2.75 bits per heavy atom. The molecule has 24 heavy (non-hydrogen) atoms. The quantitative estimate of drug-likeness (QED) is 0.842. The molecule has 0 spiro atoms. The van der Waals surface area contributed by atoms with Gasteiger partial charge in [-0.25, -0.2) is 0 Å². The lowest BCUT2D eigenvalue weighted by atomic mass is 10.00. The number of carbonyl (C=O) groups excluding carboxylic acids is 2. The van der Waals surface area contributed by atoms with Gasteiger partial charge in [0.2, 0.25) is 11.8 Å². The van der Waals surface area contributed by atoms with E-state index in [4.69, 9.17) is 5.73 Å². The number of hydrogen-bond acceptors (Lipinski definition) is 4. The predicted octanol–water partition coefficient (Wildman–Crippen LogP) is 0.418. The number of nitrogens with two attached hydrogens (primary N) is 1. The average molecular weight is 330 g/mol. The third kappa shape index (κ3) is 3.60. The van der Waals surface area contributed by atoms with E-state index < -0.39 is 6.04 Å². The standard InChI is InChI=1S/C18H26N4O2/c1-13-4-6-14(7-5-13)17(19)18(24)21-9-2-3-15(12-21)22-10-8-20-11-16(22)23/h4-7,15,17,20H,2-3,8-12,19H2,1H3. The molecule has 2 saturated heterocycles. The second-order valence-corrected chi connectivity index (χ2v) is 6.73. The van der Waals surface area contributed by atoms with Crippen LogP contribution >= 0.6 is 0 Å². The number of likely N-dealkylation sites (tertiary alicyclic amines) is 1. The van der Waals surface area contributed by atoms with Gasteiger partial charge in [-0.1, -0.05) is 29.8 Å². The molecule has 3 N–H and O–H groups in total. The highest BCUT2D eigenvalue weighted by atomic mass is 16.2. The summed E-state index contributed by atoms with van der Waals surface area (Å²) in [7, 11) is 0. The van der Waals surface area contributed by atoms with Crippen molar-refractivity contribution in [3.05, 3.63) is 35.4 Å². The zero-order valence-electron chi connectivity index (χ0n) is 14.2. The summed E-state index contributed by atoms with van der Waals surface area (Å²) >= 11 is 0. The fourth-order valence-corrected chi connectivity index (χ4v) is 3.53. The van der Waals surface area contributed by atoms with Crippen molar-refractivity contribution >= 4 is 11.8 Å². The molecule has 0 aliphatic carbocycles. The summed E-state index contributed by atoms with van der Waals surface area (Å²) in [6, 6.07) is 7.26. The molecule has 2 atom stereocenters. The average Bonchev–Trinajstić information content (AvgIpc) is 2.61. The van der Waals surface area contributed by atoms with Crippen LogP contribution in [0.25, 0.3) is 0 Å². The molecule has 2 aliphatic heterocycles. The first-order valence-corrected chi connectivity index (χ1v) is 8.67. The zero-order chi connectivity index (χ0) is 17.1. The first kappa shape index (κ1) is 16.9. The van der Waals surface area contributed by atoms with Crippen LogP contribution in [0.15, 0.2) is 24.3 Å². The van der Waals surface area contributed by atoms with Gasteiger partial charge in [0.25, 0.3) is 0 Å². The Hall–Kier alpha value is -1.92. The molecule has 2 amide bonds. The third-order valence-electron chi connectivity index (χ3n) is 4.98. The Morgan fingerprint density at radius 2 is 2.04 bits per heavy atom. The maximum Gasteiger partial charge on any atom is 0.244 e. The SMILES string of the molecule is Cc1ccc(C(N)C(=O)N2CCCC(N3CCNCC3=O)C2)cc1. The Labute approximate surface area is 143 Å². The molecule has 1 aromatic rings. The number of carbonyl (C=O) groups is 2. The zero-order valence-corrected chi connectivity index (χ0v) is 14.2. The Morgan fingerprint density at radius 1 is 1.29 bits per heavy atom. The van der Waals surface area contributed by atoms with Crippen LogP contribution in [0.1, 0.15) is 30.0 Å². The summed E-state index contributed by atoms with van der Waals surface area (Å²) in [4.78, 5) is 28.6. The van der Waals surface area contributed by atoms with Crippen molar-refractivity contribution in [2.24, 2.45) is 5.73 Å². The first-order valence-electron chi connectivity index (χ1n) is 8.67. The van der Waals surface area contributed by atoms with E-state index in [9.17, 15) is 9.59 Å². The van der Waals surface area contributed by atoms with Crippen molar-refractivity contribution in [3.8, 4) is 0 Å². The molecule has 2 heterocycles. The second-order valence-electron chi connectivity index (χ2n) is 6.73. The second kappa shape index (κ2) is 7.32. The van der Waals surface area contributed by atoms with Crippen molar-refractivity contribution in [3.63, 3.8) is 0 Å². The lowest BCUT2D eigenvalue weighted by molar-refractivity contribution is -0.141. The van der Waals surface area contributed by atoms with Crippen molar-refractivity contribution in [1.29, 1.82) is 0 Å². The van der Waals surface area contributed by atoms with Crippen LogP contribution in [0, 0.1) is 6.92 Å². The minimum Gasteiger partial charge on any atom is -0.339 e. The van der Waals surface area contributed by atoms with Crippen LogP contribution in [0.3, 0.4) is 0 Å². The highest BCUT2D eigenvalue weighted by Crippen LogP contribution is 2.21. The van der Waals surface area contributed by atoms with Gasteiger partial charge in [-0.3, -0.25) is 9.59 Å². The Bertz CT molecular complexity index is 602. The van der Waals surface area contributed by atoms with Crippen molar-refractivity contribution in [1.82, 2.24) is 15.1 Å². The fraction of sp³-hybridized carbons (Fsp3) is 0.556. The van der Waals surface area contributed by atoms with Gasteiger partial charge < -0.3 is 20.9 Å². The molecule has 3 rings (SSSR count). The van der Waals surface area contributed by atoms with Gasteiger partial charge in [0.05, 0.1) is 6.54 Å². The topological polar surface area (TPSA) is 78.7 Å². The fourth-order valence-electron chi connectivity index (χ4n) is 3.53. The van der Waals surface area contributed by atoms with E-state index in [1.54, 1.807) is 0 Å². The first-order chi connectivity index (χ1) is 11.6. The van der Waals surface area contributed by atoms with Crippen LogP contribution in [-0.2, 0) is 9.59 Å². The third-order valence-corrected chi connectivity index (χ3v) is 4.98. The number of piperazine rings is 1. The van der Waals surface area contributed by atoms with Gasteiger partial charge in [0, 0.05) is 32.2 Å². The summed E-state index contributed by atoms with van der Waals surface area (Å²) in [6.07, 6.45) is 1.86. The lowest BCUT2D eigenvalue weighted by Gasteiger charge is -2.41. The number of rotatable bonds is 3. The maximum atomic E-state index is 12.8. The number of nitrogens with one attached hydrogen (secondary N) is 1. The maximum absolute atomic E-state index is 12.8. The molecule has 0 aromatic heterocycles. The highest BCUT2D eigenvalue weighted by molar-refractivity contribution is 5.83. The Balaban J connectivity index is 1.66. The van der Waals surface area contributed by atoms with Crippen LogP contribution in [-0.4, -0.2) is 60.4 Å². The summed E-state index contributed by atoms with van der Waals surface area (Å²) in [5, 5.41) is 3.09. The van der Waals surface area contributed by atoms with Crippen LogP contribution < -0.4 is 11.1 Å². The van der Waals surface area contributed by atoms with E-state index in [1.165, 1.54) is 0 Å². The molecular weight excluding hydrogens is 304 g/mol. The van der Waals surface area contributed by atoms with Crippen molar-refractivity contribution in [2.75, 3.05) is 32.7 Å². The van der Waals surface area contributed by atoms with Gasteiger partial charge in [-0.15, -0.1) is 0 Å². The number of piperidine rings is 1. The van der Waals surface area contributed by atoms with E-state index in [2.05, 4.69) is 5.32 Å². The molecule has 6 heteroatoms. The normalized spacial score (nSPS) is 23.2. The van der Waals surface area contributed by atoms with E-state index in [1.807, 2.05) is 41.0 Å². The number of hydrogen-bond donors (Lipinski definition) is 2. The predicted molar refractivity (Wildman–Crippen MR) is 92.3 cm³/mol. The van der Waals surface area contributed by atoms with E-state index in [0.29, 0.717) is 13.1 Å². The number of aryl methyl sites for hydroxylation is 1. The smallest absolute Gasteiger partial charge is 0.244 e. The van der Waals surface area contributed by atoms with Crippen LogP contribution in [0.4, 0.5) is 0 Å². The van der Waals surface area contributed by atoms with E-state index in [0.717, 1.165) is 43.6 Å².